The van der Waals surface area contributed by atoms with E-state index in [2.05, 4.69) is 53.5 Å². The molecule has 0 fully saturated rings. The Morgan fingerprint density at radius 1 is 0.710 bits per heavy atom. The van der Waals surface area contributed by atoms with Crippen molar-refractivity contribution in [1.82, 2.24) is 4.98 Å². The molecule has 0 aliphatic heterocycles. The highest BCUT2D eigenvalue weighted by molar-refractivity contribution is 6.08. The van der Waals surface area contributed by atoms with Crippen molar-refractivity contribution in [1.29, 1.82) is 0 Å². The Balaban J connectivity index is 0.000000140. The van der Waals surface area contributed by atoms with Gasteiger partial charge in [0.2, 0.25) is 0 Å². The number of rotatable bonds is 1. The normalized spacial score (nSPS) is 12.9. The maximum atomic E-state index is 10.8. The summed E-state index contributed by atoms with van der Waals surface area (Å²) in [5.74, 6) is -0.940. The number of carbonyl (C=O) groups is 1. The van der Waals surface area contributed by atoms with Crippen molar-refractivity contribution < 1.29 is 9.90 Å². The number of pyridine rings is 1. The van der Waals surface area contributed by atoms with Crippen LogP contribution >= 0.6 is 0 Å². The molecule has 1 N–H and O–H groups in total. The summed E-state index contributed by atoms with van der Waals surface area (Å²) in [6.07, 6.45) is 6.81. The average Bonchev–Trinajstić information content (AvgIpc) is 2.83. The summed E-state index contributed by atoms with van der Waals surface area (Å²) in [4.78, 5) is 14.8. The highest BCUT2D eigenvalue weighted by Gasteiger charge is 2.13. The van der Waals surface area contributed by atoms with E-state index in [0.29, 0.717) is 5.52 Å². The third-order valence-corrected chi connectivity index (χ3v) is 6.12. The summed E-state index contributed by atoms with van der Waals surface area (Å²) >= 11 is 0. The molecular weight excluding hydrogens is 382 g/mol. The van der Waals surface area contributed by atoms with Crippen molar-refractivity contribution >= 4 is 38.4 Å². The molecule has 0 bridgehead atoms. The number of hydrogen-bond acceptors (Lipinski definition) is 2. The summed E-state index contributed by atoms with van der Waals surface area (Å²) in [7, 11) is 0. The van der Waals surface area contributed by atoms with Gasteiger partial charge in [-0.05, 0) is 70.5 Å². The topological polar surface area (TPSA) is 50.2 Å². The molecule has 0 unspecified atom stereocenters. The van der Waals surface area contributed by atoms with Crippen LogP contribution in [0.2, 0.25) is 0 Å². The van der Waals surface area contributed by atoms with E-state index in [4.69, 9.17) is 5.11 Å². The second-order valence-corrected chi connectivity index (χ2v) is 7.98. The first kappa shape index (κ1) is 19.3. The molecule has 0 spiro atoms. The predicted molar refractivity (Wildman–Crippen MR) is 127 cm³/mol. The Labute approximate surface area is 181 Å². The largest absolute Gasteiger partial charge is 0.478 e. The standard InChI is InChI=1S/C18H16.C10H7NO2/c1-3-7-15-13(5-1)9-11-18-16-8-4-2-6-14(16)10-12-17(15)18;12-10(13)8-5-1-3-7-4-2-6-11-9(7)8/h1,3,5,7,9-12H,2,4,6,8H2;1-6H,(H,12,13). The number of hydrogen-bond donors (Lipinski definition) is 1. The van der Waals surface area contributed by atoms with Crippen LogP contribution in [0, 0.1) is 0 Å². The van der Waals surface area contributed by atoms with Crippen LogP contribution in [-0.4, -0.2) is 16.1 Å². The fraction of sp³-hybridized carbons (Fsp3) is 0.143. The highest BCUT2D eigenvalue weighted by Crippen LogP contribution is 2.33. The fourth-order valence-electron chi connectivity index (χ4n) is 4.62. The molecule has 1 heterocycles. The predicted octanol–water partition coefficient (Wildman–Crippen LogP) is 6.80. The zero-order valence-corrected chi connectivity index (χ0v) is 17.2. The summed E-state index contributed by atoms with van der Waals surface area (Å²) in [5.41, 5.74) is 3.96. The summed E-state index contributed by atoms with van der Waals surface area (Å²) in [6, 6.07) is 26.7. The first-order chi connectivity index (χ1) is 15.2. The number of benzene rings is 4. The Bertz CT molecular complexity index is 1420. The van der Waals surface area contributed by atoms with E-state index in [9.17, 15) is 4.79 Å². The lowest BCUT2D eigenvalue weighted by Crippen LogP contribution is -2.02. The zero-order chi connectivity index (χ0) is 21.2. The first-order valence-corrected chi connectivity index (χ1v) is 10.7. The molecule has 5 aromatic rings. The molecule has 1 aromatic heterocycles. The number of carboxylic acid groups (broad SMARTS) is 1. The van der Waals surface area contributed by atoms with Gasteiger partial charge in [0.25, 0.3) is 0 Å². The molecule has 0 saturated heterocycles. The van der Waals surface area contributed by atoms with E-state index < -0.39 is 5.97 Å². The first-order valence-electron chi connectivity index (χ1n) is 10.7. The van der Waals surface area contributed by atoms with Gasteiger partial charge in [0.15, 0.2) is 0 Å². The molecule has 1 aliphatic carbocycles. The number of carboxylic acids is 1. The molecule has 3 nitrogen and oxygen atoms in total. The van der Waals surface area contributed by atoms with Crippen LogP contribution in [0.15, 0.2) is 85.1 Å². The Kier molecular flexibility index (Phi) is 5.09. The van der Waals surface area contributed by atoms with Crippen molar-refractivity contribution in [2.75, 3.05) is 0 Å². The maximum Gasteiger partial charge on any atom is 0.337 e. The molecule has 152 valence electrons. The second-order valence-electron chi connectivity index (χ2n) is 7.98. The average molecular weight is 405 g/mol. The van der Waals surface area contributed by atoms with E-state index in [1.807, 2.05) is 12.1 Å². The zero-order valence-electron chi connectivity index (χ0n) is 17.2. The van der Waals surface area contributed by atoms with E-state index in [1.165, 1.54) is 47.2 Å². The van der Waals surface area contributed by atoms with Gasteiger partial charge in [-0.1, -0.05) is 66.7 Å². The van der Waals surface area contributed by atoms with Gasteiger partial charge in [-0.25, -0.2) is 4.79 Å². The highest BCUT2D eigenvalue weighted by atomic mass is 16.4. The molecule has 1 aliphatic rings. The molecule has 3 heteroatoms. The Hall–Kier alpha value is -3.72. The van der Waals surface area contributed by atoms with Gasteiger partial charge in [-0.15, -0.1) is 0 Å². The number of fused-ring (bicyclic) bond motifs is 6. The molecular formula is C28H23NO2. The minimum atomic E-state index is -0.940. The number of nitrogens with zero attached hydrogens (tertiary/aromatic N) is 1. The van der Waals surface area contributed by atoms with E-state index in [-0.39, 0.29) is 5.56 Å². The van der Waals surface area contributed by atoms with Crippen molar-refractivity contribution in [2.45, 2.75) is 25.7 Å². The number of aromatic carboxylic acids is 1. The number of para-hydroxylation sites is 1. The maximum absolute atomic E-state index is 10.8. The lowest BCUT2D eigenvalue weighted by Gasteiger charge is -2.18. The number of aryl methyl sites for hydroxylation is 2. The van der Waals surface area contributed by atoms with Gasteiger partial charge in [-0.2, -0.15) is 0 Å². The van der Waals surface area contributed by atoms with Crippen LogP contribution in [0.25, 0.3) is 32.4 Å². The lowest BCUT2D eigenvalue weighted by atomic mass is 9.86. The van der Waals surface area contributed by atoms with E-state index in [0.717, 1.165) is 5.39 Å². The summed E-state index contributed by atoms with van der Waals surface area (Å²) in [5, 5.41) is 15.3. The Morgan fingerprint density at radius 3 is 2.39 bits per heavy atom. The van der Waals surface area contributed by atoms with Gasteiger partial charge in [0, 0.05) is 11.6 Å². The minimum Gasteiger partial charge on any atom is -0.478 e. The van der Waals surface area contributed by atoms with Gasteiger partial charge in [0.1, 0.15) is 0 Å². The molecule has 4 aromatic carbocycles. The van der Waals surface area contributed by atoms with Crippen LogP contribution < -0.4 is 0 Å². The van der Waals surface area contributed by atoms with Crippen molar-refractivity contribution in [3.05, 3.63) is 102 Å². The van der Waals surface area contributed by atoms with Crippen LogP contribution in [-0.2, 0) is 12.8 Å². The molecule has 0 saturated carbocycles. The van der Waals surface area contributed by atoms with Crippen LogP contribution in [0.1, 0.15) is 34.3 Å². The monoisotopic (exact) mass is 405 g/mol. The SMILES string of the molecule is O=C(O)c1cccc2cccnc12.c1ccc2c(c1)ccc1c3c(ccc12)CCCC3. The van der Waals surface area contributed by atoms with Crippen LogP contribution in [0.3, 0.4) is 0 Å². The minimum absolute atomic E-state index is 0.248. The lowest BCUT2D eigenvalue weighted by molar-refractivity contribution is 0.0699. The van der Waals surface area contributed by atoms with E-state index in [1.54, 1.807) is 35.5 Å². The number of aromatic nitrogens is 1. The quantitative estimate of drug-likeness (QED) is 0.312. The summed E-state index contributed by atoms with van der Waals surface area (Å²) in [6.45, 7) is 0. The fourth-order valence-corrected chi connectivity index (χ4v) is 4.62. The van der Waals surface area contributed by atoms with Crippen LogP contribution in [0.5, 0.6) is 0 Å². The van der Waals surface area contributed by atoms with Crippen molar-refractivity contribution in [3.63, 3.8) is 0 Å². The third-order valence-electron chi connectivity index (χ3n) is 6.12. The summed E-state index contributed by atoms with van der Waals surface area (Å²) < 4.78 is 0. The van der Waals surface area contributed by atoms with Crippen molar-refractivity contribution in [2.24, 2.45) is 0 Å². The molecule has 0 amide bonds. The van der Waals surface area contributed by atoms with Gasteiger partial charge in [-0.3, -0.25) is 4.98 Å². The molecule has 31 heavy (non-hydrogen) atoms. The van der Waals surface area contributed by atoms with Gasteiger partial charge >= 0.3 is 5.97 Å². The molecule has 0 radical (unpaired) electrons. The van der Waals surface area contributed by atoms with Gasteiger partial charge in [0.05, 0.1) is 11.1 Å². The van der Waals surface area contributed by atoms with Crippen LogP contribution in [0.4, 0.5) is 0 Å². The second kappa shape index (κ2) is 8.19. The van der Waals surface area contributed by atoms with E-state index >= 15 is 0 Å². The Morgan fingerprint density at radius 2 is 1.48 bits per heavy atom. The van der Waals surface area contributed by atoms with Gasteiger partial charge < -0.3 is 5.11 Å². The third kappa shape index (κ3) is 3.64. The smallest absolute Gasteiger partial charge is 0.337 e. The molecule has 6 rings (SSSR count). The van der Waals surface area contributed by atoms with Crippen molar-refractivity contribution in [3.8, 4) is 0 Å². The molecule has 0 atom stereocenters.